The molecule has 2 aromatic carbocycles. The molecule has 0 saturated carbocycles. The number of ketones is 1. The molecule has 1 aromatic heterocycles. The fourth-order valence-electron chi connectivity index (χ4n) is 4.98. The van der Waals surface area contributed by atoms with Gasteiger partial charge in [-0.15, -0.1) is 11.3 Å². The summed E-state index contributed by atoms with van der Waals surface area (Å²) in [5.74, 6) is -0.805. The zero-order valence-corrected chi connectivity index (χ0v) is 28.3. The molecule has 0 unspecified atom stereocenters. The van der Waals surface area contributed by atoms with Gasteiger partial charge in [0, 0.05) is 13.5 Å². The first-order chi connectivity index (χ1) is 21.1. The van der Waals surface area contributed by atoms with E-state index in [-0.39, 0.29) is 46.4 Å². The van der Waals surface area contributed by atoms with Crippen LogP contribution in [0.15, 0.2) is 40.2 Å². The molecule has 0 aliphatic heterocycles. The molecule has 0 spiro atoms. The number of nitrogens with zero attached hydrogens (tertiary/aromatic N) is 2. The van der Waals surface area contributed by atoms with Gasteiger partial charge >= 0.3 is 0 Å². The molecule has 0 bridgehead atoms. The van der Waals surface area contributed by atoms with Crippen LogP contribution < -0.4 is 25.8 Å². The summed E-state index contributed by atoms with van der Waals surface area (Å²) in [6.45, 7) is 10.4. The van der Waals surface area contributed by atoms with E-state index in [4.69, 9.17) is 10.5 Å². The van der Waals surface area contributed by atoms with Crippen LogP contribution in [-0.2, 0) is 19.6 Å². The minimum absolute atomic E-state index is 0.0779. The Bertz CT molecular complexity index is 1670. The van der Waals surface area contributed by atoms with Gasteiger partial charge in [0.25, 0.3) is 10.0 Å². The van der Waals surface area contributed by atoms with E-state index in [0.717, 1.165) is 4.70 Å². The fraction of sp³-hybridized carbons (Fsp3) is 0.452. The molecule has 1 heterocycles. The number of nitrogens with two attached hydrogens (primary N) is 1. The summed E-state index contributed by atoms with van der Waals surface area (Å²) >= 11 is 1.23. The summed E-state index contributed by atoms with van der Waals surface area (Å²) in [6.07, 6.45) is 0.855. The molecule has 2 atom stereocenters. The number of fused-ring (bicyclic) bond motifs is 1. The Kier molecular flexibility index (Phi) is 12.1. The number of aromatic nitrogens is 1. The van der Waals surface area contributed by atoms with Crippen molar-refractivity contribution in [2.24, 2.45) is 16.6 Å². The SMILES string of the molecule is COc1cc(C)c(S(=O)(=O)NC(N)=NCCC[C@H](NC(=O)[C@H](CC(C)C)NC(C)=O)C(=O)c2nc3ccccc3s2)c(C)c1C. The lowest BCUT2D eigenvalue weighted by Crippen LogP contribution is -2.51. The highest BCUT2D eigenvalue weighted by molar-refractivity contribution is 7.90. The first-order valence-corrected chi connectivity index (χ1v) is 16.9. The van der Waals surface area contributed by atoms with Crippen LogP contribution in [0.2, 0.25) is 0 Å². The molecular weight excluding hydrogens is 617 g/mol. The third-order valence-electron chi connectivity index (χ3n) is 7.18. The number of hydrogen-bond donors (Lipinski definition) is 4. The lowest BCUT2D eigenvalue weighted by molar-refractivity contribution is -0.128. The Labute approximate surface area is 268 Å². The molecule has 0 aliphatic rings. The lowest BCUT2D eigenvalue weighted by atomic mass is 10.0. The monoisotopic (exact) mass is 658 g/mol. The molecule has 14 heteroatoms. The summed E-state index contributed by atoms with van der Waals surface area (Å²) in [5, 5.41) is 5.72. The summed E-state index contributed by atoms with van der Waals surface area (Å²) in [7, 11) is -2.52. The first kappa shape index (κ1) is 35.4. The minimum Gasteiger partial charge on any atom is -0.496 e. The van der Waals surface area contributed by atoms with Crippen LogP contribution in [0.1, 0.15) is 66.5 Å². The highest BCUT2D eigenvalue weighted by Gasteiger charge is 2.29. The normalized spacial score (nSPS) is 13.4. The number of carbonyl (C=O) groups is 3. The summed E-state index contributed by atoms with van der Waals surface area (Å²) in [4.78, 5) is 47.4. The quantitative estimate of drug-likeness (QED) is 0.0878. The summed E-state index contributed by atoms with van der Waals surface area (Å²) < 4.78 is 34.9. The number of aliphatic imine (C=N–C) groups is 1. The van der Waals surface area contributed by atoms with Crippen molar-refractivity contribution in [2.75, 3.05) is 13.7 Å². The van der Waals surface area contributed by atoms with Gasteiger partial charge in [-0.3, -0.25) is 19.4 Å². The number of nitrogens with one attached hydrogen (secondary N) is 3. The number of Topliss-reactive ketones (excluding diaryl/α,β-unsaturated/α-hetero) is 1. The van der Waals surface area contributed by atoms with Crippen molar-refractivity contribution in [3.05, 3.63) is 52.0 Å². The molecule has 0 aliphatic carbocycles. The molecule has 12 nitrogen and oxygen atoms in total. The van der Waals surface area contributed by atoms with Crippen molar-refractivity contribution in [1.82, 2.24) is 20.3 Å². The molecular formula is C31H42N6O6S2. The highest BCUT2D eigenvalue weighted by atomic mass is 32.2. The Hall–Kier alpha value is -4.04. The van der Waals surface area contributed by atoms with E-state index >= 15 is 0 Å². The van der Waals surface area contributed by atoms with Crippen LogP contribution in [0, 0.1) is 26.7 Å². The maximum absolute atomic E-state index is 13.6. The Morgan fingerprint density at radius 2 is 1.76 bits per heavy atom. The van der Waals surface area contributed by atoms with Crippen LogP contribution in [0.3, 0.4) is 0 Å². The van der Waals surface area contributed by atoms with E-state index in [9.17, 15) is 22.8 Å². The zero-order valence-electron chi connectivity index (χ0n) is 26.7. The number of aryl methyl sites for hydroxylation is 1. The van der Waals surface area contributed by atoms with Crippen molar-refractivity contribution in [2.45, 2.75) is 77.8 Å². The lowest BCUT2D eigenvalue weighted by Gasteiger charge is -2.23. The van der Waals surface area contributed by atoms with Crippen LogP contribution in [0.5, 0.6) is 5.75 Å². The van der Waals surface area contributed by atoms with Gasteiger partial charge in [0.15, 0.2) is 5.01 Å². The second kappa shape index (κ2) is 15.3. The Balaban J connectivity index is 1.77. The number of thiazole rings is 1. The topological polar surface area (TPSA) is 182 Å². The molecule has 5 N–H and O–H groups in total. The van der Waals surface area contributed by atoms with E-state index in [0.29, 0.717) is 40.8 Å². The van der Waals surface area contributed by atoms with Crippen LogP contribution in [-0.4, -0.2) is 62.7 Å². The van der Waals surface area contributed by atoms with E-state index in [1.807, 2.05) is 32.0 Å². The van der Waals surface area contributed by atoms with Crippen LogP contribution >= 0.6 is 11.3 Å². The predicted octanol–water partition coefficient (Wildman–Crippen LogP) is 3.52. The van der Waals surface area contributed by atoms with Crippen molar-refractivity contribution in [1.29, 1.82) is 0 Å². The number of methoxy groups -OCH3 is 1. The van der Waals surface area contributed by atoms with Gasteiger partial charge in [-0.25, -0.2) is 18.1 Å². The Morgan fingerprint density at radius 1 is 1.07 bits per heavy atom. The number of ether oxygens (including phenoxy) is 1. The molecule has 244 valence electrons. The number of benzene rings is 2. The standard InChI is InChI=1S/C31H42N6O6S2/c1-17(2)15-24(34-21(6)38)29(40)35-23(27(39)30-36-22-11-8-9-13-26(22)44-30)12-10-14-33-31(32)37-45(41,42)28-18(3)16-25(43-7)19(4)20(28)5/h8-9,11,13,16-17,23-24H,10,12,14-15H2,1-7H3,(H,34,38)(H,35,40)(H3,32,33,37)/t23-,24-/m0/s1. The van der Waals surface area contributed by atoms with Gasteiger partial charge < -0.3 is 21.1 Å². The maximum Gasteiger partial charge on any atom is 0.264 e. The summed E-state index contributed by atoms with van der Waals surface area (Å²) in [5.41, 5.74) is 8.37. The smallest absolute Gasteiger partial charge is 0.264 e. The molecule has 3 aromatic rings. The third-order valence-corrected chi connectivity index (χ3v) is 9.87. The third kappa shape index (κ3) is 9.24. The number of carbonyl (C=O) groups excluding carboxylic acids is 3. The predicted molar refractivity (Wildman–Crippen MR) is 176 cm³/mol. The molecule has 0 fully saturated rings. The highest BCUT2D eigenvalue weighted by Crippen LogP contribution is 2.30. The van der Waals surface area contributed by atoms with E-state index in [1.165, 1.54) is 25.4 Å². The van der Waals surface area contributed by atoms with Crippen LogP contribution in [0.4, 0.5) is 0 Å². The van der Waals surface area contributed by atoms with Gasteiger partial charge in [0.1, 0.15) is 11.8 Å². The van der Waals surface area contributed by atoms with E-state index < -0.39 is 28.0 Å². The number of hydrogen-bond acceptors (Lipinski definition) is 9. The average Bonchev–Trinajstić information content (AvgIpc) is 3.39. The molecule has 2 amide bonds. The van der Waals surface area contributed by atoms with Crippen molar-refractivity contribution in [3.63, 3.8) is 0 Å². The molecule has 0 saturated heterocycles. The van der Waals surface area contributed by atoms with Gasteiger partial charge in [-0.05, 0) is 80.8 Å². The van der Waals surface area contributed by atoms with Crippen molar-refractivity contribution >= 4 is 55.1 Å². The van der Waals surface area contributed by atoms with Crippen molar-refractivity contribution in [3.8, 4) is 5.75 Å². The largest absolute Gasteiger partial charge is 0.496 e. The minimum atomic E-state index is -4.04. The zero-order chi connectivity index (χ0) is 33.5. The number of guanidine groups is 1. The molecule has 45 heavy (non-hydrogen) atoms. The first-order valence-electron chi connectivity index (χ1n) is 14.6. The average molecular weight is 659 g/mol. The number of amides is 2. The molecule has 0 radical (unpaired) electrons. The van der Waals surface area contributed by atoms with Gasteiger partial charge in [-0.2, -0.15) is 0 Å². The Morgan fingerprint density at radius 3 is 2.38 bits per heavy atom. The van der Waals surface area contributed by atoms with Gasteiger partial charge in [0.05, 0.1) is 28.3 Å². The molecule has 3 rings (SSSR count). The second-order valence-corrected chi connectivity index (χ2v) is 13.9. The van der Waals surface area contributed by atoms with Gasteiger partial charge in [-0.1, -0.05) is 26.0 Å². The van der Waals surface area contributed by atoms with E-state index in [1.54, 1.807) is 32.9 Å². The number of sulfonamides is 1. The van der Waals surface area contributed by atoms with Crippen LogP contribution in [0.25, 0.3) is 10.2 Å². The van der Waals surface area contributed by atoms with Gasteiger partial charge in [0.2, 0.25) is 23.6 Å². The number of para-hydroxylation sites is 1. The summed E-state index contributed by atoms with van der Waals surface area (Å²) in [6, 6.07) is 7.23. The maximum atomic E-state index is 13.6. The fourth-order valence-corrected chi connectivity index (χ4v) is 7.42. The van der Waals surface area contributed by atoms with Crippen molar-refractivity contribution < 1.29 is 27.5 Å². The second-order valence-electron chi connectivity index (χ2n) is 11.3. The number of rotatable bonds is 14. The van der Waals surface area contributed by atoms with E-state index in [2.05, 4.69) is 25.3 Å².